The molecule has 1 saturated heterocycles. The van der Waals surface area contributed by atoms with Crippen LogP contribution in [0.4, 0.5) is 4.79 Å². The van der Waals surface area contributed by atoms with Crippen LogP contribution in [0.3, 0.4) is 0 Å². The molecule has 1 aliphatic heterocycles. The Morgan fingerprint density at radius 1 is 1.32 bits per heavy atom. The minimum absolute atomic E-state index is 0.0174. The fraction of sp³-hybridized carbons (Fsp3) is 0.500. The van der Waals surface area contributed by atoms with Crippen LogP contribution in [0.5, 0.6) is 0 Å². The second-order valence-corrected chi connectivity index (χ2v) is 6.69. The van der Waals surface area contributed by atoms with Gasteiger partial charge in [-0.2, -0.15) is 0 Å². The van der Waals surface area contributed by atoms with Gasteiger partial charge in [0.05, 0.1) is 17.1 Å². The summed E-state index contributed by atoms with van der Waals surface area (Å²) in [7, 11) is 0. The largest absolute Gasteiger partial charge is 0.444 e. The molecule has 1 atom stereocenters. The number of likely N-dealkylation sites (tertiary alicyclic amines) is 1. The number of ether oxygens (including phenoxy) is 1. The topological polar surface area (TPSA) is 67.3 Å². The number of nitrogens with one attached hydrogen (secondary N) is 1. The summed E-state index contributed by atoms with van der Waals surface area (Å²) in [6, 6.07) is 7.59. The average molecular weight is 303 g/mol. The van der Waals surface area contributed by atoms with E-state index < -0.39 is 5.60 Å². The molecular formula is C16H21N3O3. The molecule has 1 aromatic carbocycles. The highest BCUT2D eigenvalue weighted by Crippen LogP contribution is 2.25. The summed E-state index contributed by atoms with van der Waals surface area (Å²) >= 11 is 0. The van der Waals surface area contributed by atoms with E-state index in [4.69, 9.17) is 4.74 Å². The molecule has 1 fully saturated rings. The molecule has 0 aliphatic carbocycles. The van der Waals surface area contributed by atoms with Gasteiger partial charge in [-0.1, -0.05) is 12.1 Å². The molecule has 2 aromatic rings. The molecule has 6 nitrogen and oxygen atoms in total. The lowest BCUT2D eigenvalue weighted by atomic mass is 10.2. The van der Waals surface area contributed by atoms with Crippen LogP contribution in [0.15, 0.2) is 29.1 Å². The Bertz CT molecular complexity index is 754. The van der Waals surface area contributed by atoms with Crippen LogP contribution in [0.1, 0.15) is 33.2 Å². The highest BCUT2D eigenvalue weighted by atomic mass is 16.6. The average Bonchev–Trinajstić information content (AvgIpc) is 2.99. The molecule has 0 bridgehead atoms. The molecule has 1 unspecified atom stereocenters. The molecule has 6 heteroatoms. The highest BCUT2D eigenvalue weighted by molar-refractivity contribution is 5.75. The third-order valence-corrected chi connectivity index (χ3v) is 3.80. The molecule has 3 rings (SSSR count). The first-order valence-corrected chi connectivity index (χ1v) is 7.52. The SMILES string of the molecule is CC(C)(C)OC(=O)N1CCC(n2c(=O)[nH]c3ccccc32)C1. The van der Waals surface area contributed by atoms with E-state index in [1.165, 1.54) is 0 Å². The number of rotatable bonds is 1. The van der Waals surface area contributed by atoms with Gasteiger partial charge in [-0.25, -0.2) is 9.59 Å². The number of benzene rings is 1. The van der Waals surface area contributed by atoms with Gasteiger partial charge < -0.3 is 14.6 Å². The van der Waals surface area contributed by atoms with Crippen molar-refractivity contribution >= 4 is 17.1 Å². The number of fused-ring (bicyclic) bond motifs is 1. The Labute approximate surface area is 128 Å². The molecular weight excluding hydrogens is 282 g/mol. The molecule has 118 valence electrons. The van der Waals surface area contributed by atoms with Crippen molar-refractivity contribution in [2.24, 2.45) is 0 Å². The molecule has 1 aromatic heterocycles. The van der Waals surface area contributed by atoms with E-state index >= 15 is 0 Å². The van der Waals surface area contributed by atoms with E-state index in [0.29, 0.717) is 13.1 Å². The van der Waals surface area contributed by atoms with Gasteiger partial charge in [0.1, 0.15) is 5.60 Å². The van der Waals surface area contributed by atoms with Crippen molar-refractivity contribution in [2.45, 2.75) is 38.8 Å². The number of carbonyl (C=O) groups is 1. The minimum atomic E-state index is -0.507. The van der Waals surface area contributed by atoms with Crippen molar-refractivity contribution in [2.75, 3.05) is 13.1 Å². The molecule has 0 radical (unpaired) electrons. The summed E-state index contributed by atoms with van der Waals surface area (Å²) in [6.07, 6.45) is 0.434. The van der Waals surface area contributed by atoms with Crippen LogP contribution in [-0.2, 0) is 4.74 Å². The molecule has 22 heavy (non-hydrogen) atoms. The van der Waals surface area contributed by atoms with Gasteiger partial charge in [-0.3, -0.25) is 4.57 Å². The van der Waals surface area contributed by atoms with Crippen LogP contribution in [0.25, 0.3) is 11.0 Å². The quantitative estimate of drug-likeness (QED) is 0.880. The fourth-order valence-corrected chi connectivity index (χ4v) is 2.88. The van der Waals surface area contributed by atoms with Crippen molar-refractivity contribution in [3.8, 4) is 0 Å². The zero-order valence-electron chi connectivity index (χ0n) is 13.1. The maximum absolute atomic E-state index is 12.2. The van der Waals surface area contributed by atoms with Crippen molar-refractivity contribution < 1.29 is 9.53 Å². The van der Waals surface area contributed by atoms with E-state index in [9.17, 15) is 9.59 Å². The first kappa shape index (κ1) is 14.7. The van der Waals surface area contributed by atoms with Gasteiger partial charge in [0.2, 0.25) is 0 Å². The predicted octanol–water partition coefficient (Wildman–Crippen LogP) is 2.51. The molecule has 1 amide bonds. The Kier molecular flexibility index (Phi) is 3.47. The number of carbonyl (C=O) groups excluding carboxylic acids is 1. The summed E-state index contributed by atoms with van der Waals surface area (Å²) in [5.74, 6) is 0. The van der Waals surface area contributed by atoms with E-state index in [-0.39, 0.29) is 17.8 Å². The number of aromatic amines is 1. The first-order valence-electron chi connectivity index (χ1n) is 7.52. The smallest absolute Gasteiger partial charge is 0.410 e. The normalized spacial score (nSPS) is 18.9. The van der Waals surface area contributed by atoms with Gasteiger partial charge >= 0.3 is 11.8 Å². The van der Waals surface area contributed by atoms with Crippen molar-refractivity contribution in [3.63, 3.8) is 0 Å². The summed E-state index contributed by atoms with van der Waals surface area (Å²) in [6.45, 7) is 6.65. The van der Waals surface area contributed by atoms with Crippen molar-refractivity contribution in [3.05, 3.63) is 34.7 Å². The Morgan fingerprint density at radius 3 is 2.77 bits per heavy atom. The summed E-state index contributed by atoms with van der Waals surface area (Å²) in [5, 5.41) is 0. The molecule has 0 spiro atoms. The summed E-state index contributed by atoms with van der Waals surface area (Å²) < 4.78 is 7.15. The lowest BCUT2D eigenvalue weighted by molar-refractivity contribution is 0.0289. The number of nitrogens with zero attached hydrogens (tertiary/aromatic N) is 2. The van der Waals surface area contributed by atoms with Crippen molar-refractivity contribution in [1.29, 1.82) is 0 Å². The standard InChI is InChI=1S/C16H21N3O3/c1-16(2,3)22-15(21)18-9-8-11(10-18)19-13-7-5-4-6-12(13)17-14(19)20/h4-7,11H,8-10H2,1-3H3,(H,17,20). The van der Waals surface area contributed by atoms with Gasteiger partial charge in [0.25, 0.3) is 0 Å². The lowest BCUT2D eigenvalue weighted by Crippen LogP contribution is -2.36. The number of para-hydroxylation sites is 2. The third-order valence-electron chi connectivity index (χ3n) is 3.80. The van der Waals surface area contributed by atoms with E-state index in [1.54, 1.807) is 9.47 Å². The number of imidazole rings is 1. The number of hydrogen-bond donors (Lipinski definition) is 1. The van der Waals surface area contributed by atoms with Gasteiger partial charge in [0.15, 0.2) is 0 Å². The van der Waals surface area contributed by atoms with E-state index in [1.807, 2.05) is 45.0 Å². The first-order chi connectivity index (χ1) is 10.3. The fourth-order valence-electron chi connectivity index (χ4n) is 2.88. The van der Waals surface area contributed by atoms with Crippen molar-refractivity contribution in [1.82, 2.24) is 14.5 Å². The second-order valence-electron chi connectivity index (χ2n) is 6.69. The summed E-state index contributed by atoms with van der Waals surface area (Å²) in [5.41, 5.74) is 1.07. The zero-order chi connectivity index (χ0) is 15.9. The molecule has 2 heterocycles. The zero-order valence-corrected chi connectivity index (χ0v) is 13.1. The monoisotopic (exact) mass is 303 g/mol. The van der Waals surface area contributed by atoms with Crippen LogP contribution in [-0.4, -0.2) is 39.2 Å². The van der Waals surface area contributed by atoms with E-state index in [2.05, 4.69) is 4.98 Å². The molecule has 1 aliphatic rings. The number of amides is 1. The summed E-state index contributed by atoms with van der Waals surface area (Å²) in [4.78, 5) is 28.9. The Balaban J connectivity index is 1.82. The predicted molar refractivity (Wildman–Crippen MR) is 84.0 cm³/mol. The number of aromatic nitrogens is 2. The maximum atomic E-state index is 12.2. The Hall–Kier alpha value is -2.24. The van der Waals surface area contributed by atoms with Gasteiger partial charge in [-0.15, -0.1) is 0 Å². The van der Waals surface area contributed by atoms with E-state index in [0.717, 1.165) is 17.5 Å². The van der Waals surface area contributed by atoms with Crippen LogP contribution in [0.2, 0.25) is 0 Å². The van der Waals surface area contributed by atoms with Crippen LogP contribution < -0.4 is 5.69 Å². The van der Waals surface area contributed by atoms with Gasteiger partial charge in [-0.05, 0) is 39.3 Å². The Morgan fingerprint density at radius 2 is 2.05 bits per heavy atom. The van der Waals surface area contributed by atoms with Crippen LogP contribution >= 0.6 is 0 Å². The third kappa shape index (κ3) is 2.73. The van der Waals surface area contributed by atoms with Crippen LogP contribution in [0, 0.1) is 0 Å². The highest BCUT2D eigenvalue weighted by Gasteiger charge is 2.32. The minimum Gasteiger partial charge on any atom is -0.444 e. The van der Waals surface area contributed by atoms with Gasteiger partial charge in [0, 0.05) is 13.1 Å². The second kappa shape index (κ2) is 5.19. The molecule has 0 saturated carbocycles. The molecule has 1 N–H and O–H groups in total. The number of hydrogen-bond acceptors (Lipinski definition) is 3. The lowest BCUT2D eigenvalue weighted by Gasteiger charge is -2.24. The maximum Gasteiger partial charge on any atom is 0.410 e. The number of H-pyrrole nitrogens is 1.